The van der Waals surface area contributed by atoms with E-state index in [1.54, 1.807) is 11.3 Å². The summed E-state index contributed by atoms with van der Waals surface area (Å²) in [5.74, 6) is 0.255. The van der Waals surface area contributed by atoms with Crippen molar-refractivity contribution in [3.63, 3.8) is 0 Å². The predicted octanol–water partition coefficient (Wildman–Crippen LogP) is 1.91. The molecular weight excluding hydrogens is 220 g/mol. The largest absolute Gasteiger partial charge is 0.388 e. The minimum atomic E-state index is 0.255. The van der Waals surface area contributed by atoms with Crippen molar-refractivity contribution >= 4 is 17.2 Å². The number of nitrogens with zero attached hydrogens (tertiary/aromatic N) is 2. The number of nitrogens with one attached hydrogen (secondary N) is 1. The smallest absolute Gasteiger partial charge is 0.107 e. The fourth-order valence-electron chi connectivity index (χ4n) is 1.43. The van der Waals surface area contributed by atoms with E-state index in [9.17, 15) is 0 Å². The van der Waals surface area contributed by atoms with Crippen molar-refractivity contribution in [1.29, 1.82) is 5.41 Å². The fourth-order valence-corrected chi connectivity index (χ4v) is 2.40. The molecular formula is C11H20N4S. The molecule has 0 aromatic carbocycles. The number of hydrogen-bond donors (Lipinski definition) is 2. The summed E-state index contributed by atoms with van der Waals surface area (Å²) in [7, 11) is 0. The maximum Gasteiger partial charge on any atom is 0.107 e. The zero-order chi connectivity index (χ0) is 12.1. The van der Waals surface area contributed by atoms with Crippen LogP contribution in [0.3, 0.4) is 0 Å². The molecule has 1 aromatic heterocycles. The molecule has 5 heteroatoms. The van der Waals surface area contributed by atoms with Gasteiger partial charge in [0.25, 0.3) is 0 Å². The summed E-state index contributed by atoms with van der Waals surface area (Å²) in [6.45, 7) is 8.93. The van der Waals surface area contributed by atoms with Crippen LogP contribution in [0.4, 0.5) is 0 Å². The van der Waals surface area contributed by atoms with E-state index in [-0.39, 0.29) is 5.84 Å². The van der Waals surface area contributed by atoms with Gasteiger partial charge < -0.3 is 5.73 Å². The van der Waals surface area contributed by atoms with E-state index in [4.69, 9.17) is 11.1 Å². The molecule has 4 nitrogen and oxygen atoms in total. The Balaban J connectivity index is 2.52. The highest BCUT2D eigenvalue weighted by Gasteiger charge is 2.08. The van der Waals surface area contributed by atoms with Crippen LogP contribution in [-0.2, 0) is 6.54 Å². The molecule has 0 aliphatic rings. The van der Waals surface area contributed by atoms with E-state index < -0.39 is 0 Å². The van der Waals surface area contributed by atoms with Crippen molar-refractivity contribution in [3.05, 3.63) is 15.6 Å². The van der Waals surface area contributed by atoms with Gasteiger partial charge in [-0.15, -0.1) is 11.3 Å². The number of aromatic nitrogens is 1. The molecule has 0 fully saturated rings. The summed E-state index contributed by atoms with van der Waals surface area (Å²) in [6.07, 6.45) is 0.636. The average molecular weight is 240 g/mol. The molecule has 0 radical (unpaired) electrons. The summed E-state index contributed by atoms with van der Waals surface area (Å²) >= 11 is 1.75. The Labute approximate surface area is 101 Å². The Kier molecular flexibility index (Phi) is 4.89. The number of hydrogen-bond acceptors (Lipinski definition) is 4. The SMILES string of the molecule is CCN(CCC(=N)N)Cc1nc(C)c(C)s1. The van der Waals surface area contributed by atoms with Crippen LogP contribution in [-0.4, -0.2) is 28.8 Å². The van der Waals surface area contributed by atoms with Gasteiger partial charge in [0.1, 0.15) is 5.01 Å². The molecule has 0 unspecified atom stereocenters. The lowest BCUT2D eigenvalue weighted by Crippen LogP contribution is -2.27. The van der Waals surface area contributed by atoms with Gasteiger partial charge in [-0.25, -0.2) is 4.98 Å². The van der Waals surface area contributed by atoms with Gasteiger partial charge >= 0.3 is 0 Å². The number of nitrogens with two attached hydrogens (primary N) is 1. The molecule has 0 saturated carbocycles. The summed E-state index contributed by atoms with van der Waals surface area (Å²) in [4.78, 5) is 8.07. The Bertz CT molecular complexity index is 339. The predicted molar refractivity (Wildman–Crippen MR) is 69.1 cm³/mol. The van der Waals surface area contributed by atoms with Gasteiger partial charge in [-0.1, -0.05) is 6.92 Å². The summed E-state index contributed by atoms with van der Waals surface area (Å²) < 4.78 is 0. The van der Waals surface area contributed by atoms with Crippen molar-refractivity contribution in [2.24, 2.45) is 5.73 Å². The van der Waals surface area contributed by atoms with Gasteiger partial charge in [0.15, 0.2) is 0 Å². The molecule has 1 aromatic rings. The lowest BCUT2D eigenvalue weighted by molar-refractivity contribution is 0.287. The Morgan fingerprint density at radius 3 is 2.62 bits per heavy atom. The monoisotopic (exact) mass is 240 g/mol. The molecule has 1 heterocycles. The van der Waals surface area contributed by atoms with Crippen LogP contribution in [0.2, 0.25) is 0 Å². The molecule has 0 spiro atoms. The van der Waals surface area contributed by atoms with Crippen LogP contribution in [0.15, 0.2) is 0 Å². The lowest BCUT2D eigenvalue weighted by Gasteiger charge is -2.18. The minimum Gasteiger partial charge on any atom is -0.388 e. The second kappa shape index (κ2) is 5.96. The highest BCUT2D eigenvalue weighted by Crippen LogP contribution is 2.17. The summed E-state index contributed by atoms with van der Waals surface area (Å²) in [6, 6.07) is 0. The fraction of sp³-hybridized carbons (Fsp3) is 0.636. The highest BCUT2D eigenvalue weighted by atomic mass is 32.1. The molecule has 0 aliphatic heterocycles. The third-order valence-electron chi connectivity index (χ3n) is 2.58. The molecule has 3 N–H and O–H groups in total. The van der Waals surface area contributed by atoms with E-state index in [2.05, 4.69) is 23.7 Å². The second-order valence-electron chi connectivity index (χ2n) is 3.89. The molecule has 0 saturated heterocycles. The molecule has 0 atom stereocenters. The van der Waals surface area contributed by atoms with Crippen LogP contribution in [0.1, 0.15) is 28.9 Å². The number of amidine groups is 1. The van der Waals surface area contributed by atoms with E-state index >= 15 is 0 Å². The lowest BCUT2D eigenvalue weighted by atomic mass is 10.3. The maximum absolute atomic E-state index is 7.22. The normalized spacial score (nSPS) is 11.0. The molecule has 0 bridgehead atoms. The van der Waals surface area contributed by atoms with Crippen LogP contribution < -0.4 is 5.73 Å². The first kappa shape index (κ1) is 13.1. The number of thiazole rings is 1. The quantitative estimate of drug-likeness (QED) is 0.589. The van der Waals surface area contributed by atoms with Gasteiger partial charge in [0, 0.05) is 17.8 Å². The molecule has 1 rings (SSSR count). The Morgan fingerprint density at radius 1 is 1.50 bits per heavy atom. The van der Waals surface area contributed by atoms with Crippen molar-refractivity contribution in [2.45, 2.75) is 33.7 Å². The van der Waals surface area contributed by atoms with Gasteiger partial charge in [0.05, 0.1) is 18.1 Å². The van der Waals surface area contributed by atoms with Gasteiger partial charge in [-0.2, -0.15) is 0 Å². The molecule has 0 aliphatic carbocycles. The molecule has 90 valence electrons. The van der Waals surface area contributed by atoms with Crippen LogP contribution in [0, 0.1) is 19.3 Å². The summed E-state index contributed by atoms with van der Waals surface area (Å²) in [5, 5.41) is 8.37. The zero-order valence-electron chi connectivity index (χ0n) is 10.2. The van der Waals surface area contributed by atoms with Gasteiger partial charge in [-0.3, -0.25) is 10.3 Å². The van der Waals surface area contributed by atoms with Crippen LogP contribution in [0.25, 0.3) is 0 Å². The number of aryl methyl sites for hydroxylation is 2. The molecule has 16 heavy (non-hydrogen) atoms. The second-order valence-corrected chi connectivity index (χ2v) is 5.18. The van der Waals surface area contributed by atoms with E-state index in [1.807, 2.05) is 6.92 Å². The van der Waals surface area contributed by atoms with Gasteiger partial charge in [-0.05, 0) is 20.4 Å². The first-order valence-electron chi connectivity index (χ1n) is 5.51. The molecule has 0 amide bonds. The third-order valence-corrected chi connectivity index (χ3v) is 3.63. The first-order chi connectivity index (χ1) is 7.52. The van der Waals surface area contributed by atoms with E-state index in [0.717, 1.165) is 30.3 Å². The Morgan fingerprint density at radius 2 is 2.19 bits per heavy atom. The van der Waals surface area contributed by atoms with Gasteiger partial charge in [0.2, 0.25) is 0 Å². The minimum absolute atomic E-state index is 0.255. The first-order valence-corrected chi connectivity index (χ1v) is 6.32. The number of rotatable bonds is 6. The van der Waals surface area contributed by atoms with Crippen molar-refractivity contribution in [2.75, 3.05) is 13.1 Å². The maximum atomic E-state index is 7.22. The highest BCUT2D eigenvalue weighted by molar-refractivity contribution is 7.11. The van der Waals surface area contributed by atoms with Crippen molar-refractivity contribution in [1.82, 2.24) is 9.88 Å². The van der Waals surface area contributed by atoms with Crippen molar-refractivity contribution in [3.8, 4) is 0 Å². The van der Waals surface area contributed by atoms with Crippen LogP contribution in [0.5, 0.6) is 0 Å². The van der Waals surface area contributed by atoms with Crippen molar-refractivity contribution < 1.29 is 0 Å². The topological polar surface area (TPSA) is 66.0 Å². The zero-order valence-corrected chi connectivity index (χ0v) is 11.0. The summed E-state index contributed by atoms with van der Waals surface area (Å²) in [5.41, 5.74) is 6.49. The standard InChI is InChI=1S/C11H20N4S/c1-4-15(6-5-10(12)13)7-11-14-8(2)9(3)16-11/h4-7H2,1-3H3,(H3,12,13). The third kappa shape index (κ3) is 3.90. The van der Waals surface area contributed by atoms with E-state index in [0.29, 0.717) is 6.42 Å². The van der Waals surface area contributed by atoms with Crippen LogP contribution >= 0.6 is 11.3 Å². The average Bonchev–Trinajstić information content (AvgIpc) is 2.52. The van der Waals surface area contributed by atoms with E-state index in [1.165, 1.54) is 4.88 Å². The Hall–Kier alpha value is -0.940.